The summed E-state index contributed by atoms with van der Waals surface area (Å²) in [4.78, 5) is 43.1. The quantitative estimate of drug-likeness (QED) is 0.148. The highest BCUT2D eigenvalue weighted by Crippen LogP contribution is 2.53. The minimum Gasteiger partial charge on any atom is -0.510 e. The monoisotopic (exact) mass is 577 g/mol. The number of aliphatic hydroxyl groups is 3. The number of anilines is 3. The first kappa shape index (κ1) is 29.0. The molecule has 3 aliphatic carbocycles. The number of aliphatic hydroxyl groups excluding tert-OH is 2. The van der Waals surface area contributed by atoms with Crippen molar-refractivity contribution >= 4 is 34.5 Å². The summed E-state index contributed by atoms with van der Waals surface area (Å²) in [5.74, 6) is -6.83. The Bertz CT molecular complexity index is 1580. The fourth-order valence-corrected chi connectivity index (χ4v) is 6.67. The number of phenols is 1. The van der Waals surface area contributed by atoms with E-state index in [1.54, 1.807) is 46.4 Å². The first-order valence-corrected chi connectivity index (χ1v) is 13.5. The van der Waals surface area contributed by atoms with Crippen LogP contribution in [0.25, 0.3) is 0 Å². The summed E-state index contributed by atoms with van der Waals surface area (Å²) in [5, 5.41) is 48.7. The predicted molar refractivity (Wildman–Crippen MR) is 156 cm³/mol. The Labute approximate surface area is 242 Å². The molecule has 0 saturated heterocycles. The van der Waals surface area contributed by atoms with E-state index < -0.39 is 58.0 Å². The smallest absolute Gasteiger partial charge is 0.255 e. The summed E-state index contributed by atoms with van der Waals surface area (Å²) in [5.41, 5.74) is 10.4. The van der Waals surface area contributed by atoms with Crippen LogP contribution in [0.5, 0.6) is 5.75 Å². The number of fused-ring (bicyclic) bond motifs is 3. The van der Waals surface area contributed by atoms with E-state index >= 15 is 0 Å². The van der Waals surface area contributed by atoms with Crippen molar-refractivity contribution in [2.75, 3.05) is 44.1 Å². The van der Waals surface area contributed by atoms with Crippen molar-refractivity contribution in [2.45, 2.75) is 31.0 Å². The van der Waals surface area contributed by atoms with Crippen molar-refractivity contribution in [3.05, 3.63) is 69.7 Å². The average molecular weight is 578 g/mol. The number of phenolic OH excluding ortho intramolecular Hbond substituents is 1. The third kappa shape index (κ3) is 4.17. The number of carbonyl (C=O) groups is 3. The van der Waals surface area contributed by atoms with Gasteiger partial charge in [0.05, 0.1) is 17.3 Å². The van der Waals surface area contributed by atoms with E-state index in [0.717, 1.165) is 5.56 Å². The fourth-order valence-electron chi connectivity index (χ4n) is 6.67. The van der Waals surface area contributed by atoms with Crippen LogP contribution in [0, 0.1) is 11.8 Å². The number of hydrogen-bond donors (Lipinski definition) is 7. The summed E-state index contributed by atoms with van der Waals surface area (Å²) in [7, 11) is 6.79. The largest absolute Gasteiger partial charge is 0.510 e. The summed E-state index contributed by atoms with van der Waals surface area (Å²) in [6.07, 6.45) is 0.227. The van der Waals surface area contributed by atoms with E-state index in [1.807, 2.05) is 17.0 Å². The lowest BCUT2D eigenvalue weighted by molar-refractivity contribution is -0.148. The number of likely N-dealkylation sites (N-methyl/N-ethyl adjacent to an activating group) is 1. The van der Waals surface area contributed by atoms with Gasteiger partial charge >= 0.3 is 0 Å². The summed E-state index contributed by atoms with van der Waals surface area (Å²) in [6.45, 7) is 0.317. The zero-order chi connectivity index (χ0) is 30.8. The van der Waals surface area contributed by atoms with E-state index in [1.165, 1.54) is 4.90 Å². The van der Waals surface area contributed by atoms with Gasteiger partial charge in [0.15, 0.2) is 11.4 Å². The minimum atomic E-state index is -2.68. The van der Waals surface area contributed by atoms with E-state index in [4.69, 9.17) is 11.5 Å². The number of nitrogens with two attached hydrogens (primary N) is 2. The van der Waals surface area contributed by atoms with Crippen LogP contribution in [0.15, 0.2) is 53.0 Å². The van der Waals surface area contributed by atoms with Crippen molar-refractivity contribution < 1.29 is 34.8 Å². The van der Waals surface area contributed by atoms with Gasteiger partial charge in [0.25, 0.3) is 5.91 Å². The molecular weight excluding hydrogens is 542 g/mol. The molecule has 12 nitrogen and oxygen atoms in total. The van der Waals surface area contributed by atoms with Crippen LogP contribution < -0.4 is 21.7 Å². The Balaban J connectivity index is 1.64. The number of rotatable bonds is 6. The Morgan fingerprint density at radius 1 is 1.10 bits per heavy atom. The van der Waals surface area contributed by atoms with Crippen LogP contribution in [0.4, 0.5) is 17.1 Å². The molecule has 0 fully saturated rings. The van der Waals surface area contributed by atoms with Gasteiger partial charge in [-0.2, -0.15) is 0 Å². The molecule has 0 unspecified atom stereocenters. The number of hydrogen-bond acceptors (Lipinski definition) is 11. The Morgan fingerprint density at radius 2 is 1.74 bits per heavy atom. The molecule has 42 heavy (non-hydrogen) atoms. The van der Waals surface area contributed by atoms with Gasteiger partial charge in [-0.25, -0.2) is 0 Å². The number of primary amides is 1. The average Bonchev–Trinajstić information content (AvgIpc) is 2.90. The van der Waals surface area contributed by atoms with E-state index in [2.05, 4.69) is 5.32 Å². The van der Waals surface area contributed by atoms with Crippen molar-refractivity contribution in [3.8, 4) is 5.75 Å². The molecule has 1 amide bonds. The third-order valence-corrected chi connectivity index (χ3v) is 8.64. The van der Waals surface area contributed by atoms with E-state index in [9.17, 15) is 34.8 Å². The molecule has 2 aromatic carbocycles. The highest BCUT2D eigenvalue weighted by Gasteiger charge is 2.63. The number of ketones is 2. The maximum Gasteiger partial charge on any atom is 0.255 e. The van der Waals surface area contributed by atoms with Gasteiger partial charge in [-0.15, -0.1) is 0 Å². The fraction of sp³-hybridized carbons (Fsp3) is 0.367. The van der Waals surface area contributed by atoms with Gasteiger partial charge in [0, 0.05) is 43.5 Å². The zero-order valence-electron chi connectivity index (χ0n) is 23.8. The Morgan fingerprint density at radius 3 is 2.31 bits per heavy atom. The first-order valence-electron chi connectivity index (χ1n) is 13.5. The highest BCUT2D eigenvalue weighted by molar-refractivity contribution is 6.25. The highest BCUT2D eigenvalue weighted by atomic mass is 16.3. The van der Waals surface area contributed by atoms with Crippen LogP contribution in [-0.2, 0) is 22.6 Å². The number of nitrogens with one attached hydrogen (secondary N) is 1. The first-order chi connectivity index (χ1) is 19.7. The van der Waals surface area contributed by atoms with Crippen LogP contribution >= 0.6 is 0 Å². The second kappa shape index (κ2) is 10.1. The van der Waals surface area contributed by atoms with E-state index in [0.29, 0.717) is 23.5 Å². The Hall–Kier alpha value is -4.55. The molecule has 4 atom stereocenters. The molecule has 0 spiro atoms. The van der Waals surface area contributed by atoms with E-state index in [-0.39, 0.29) is 35.4 Å². The molecule has 3 aliphatic rings. The lowest BCUT2D eigenvalue weighted by Crippen LogP contribution is -2.63. The van der Waals surface area contributed by atoms with Crippen LogP contribution in [0.1, 0.15) is 27.9 Å². The molecule has 12 heteroatoms. The molecule has 2 aromatic rings. The number of nitrogen functional groups attached to an aromatic ring is 1. The van der Waals surface area contributed by atoms with Crippen LogP contribution in [0.2, 0.25) is 0 Å². The van der Waals surface area contributed by atoms with Crippen LogP contribution in [0.3, 0.4) is 0 Å². The maximum absolute atomic E-state index is 14.1. The summed E-state index contributed by atoms with van der Waals surface area (Å²) >= 11 is 0. The maximum atomic E-state index is 14.1. The summed E-state index contributed by atoms with van der Waals surface area (Å²) in [6, 6.07) is 7.86. The number of aromatic hydroxyl groups is 1. The van der Waals surface area contributed by atoms with Crippen molar-refractivity contribution in [3.63, 3.8) is 0 Å². The number of allylic oxidation sites excluding steroid dienone is 1. The summed E-state index contributed by atoms with van der Waals surface area (Å²) < 4.78 is 0. The number of nitrogens with zero attached hydrogens (tertiary/aromatic N) is 2. The standard InChI is InChI=1S/C30H35N5O7/c1-34(2)19-11-18(33-12-13-5-7-15(31)8-6-13)24(36)21-16(19)9-14-10-17-23(35(3)4)26(38)22(29(32)41)28(40)30(17,42)27(39)20(14)25(21)37/h5-8,11,14,17,23,33,36,38-39,42H,9-10,12,31H2,1-4H3,(H2,32,41)/t14-,17-,23-,30-/m1/s1. The van der Waals surface area contributed by atoms with Crippen molar-refractivity contribution in [1.29, 1.82) is 0 Å². The normalized spacial score (nSPS) is 25.2. The molecule has 0 aliphatic heterocycles. The molecule has 0 saturated carbocycles. The Kier molecular flexibility index (Phi) is 6.94. The molecule has 222 valence electrons. The van der Waals surface area contributed by atoms with Gasteiger partial charge in [-0.3, -0.25) is 19.3 Å². The topological polar surface area (TPSA) is 203 Å². The number of Topliss-reactive ketones (excluding diaryl/α,β-unsaturated/α-hetero) is 2. The second-order valence-corrected chi connectivity index (χ2v) is 11.6. The lowest BCUT2D eigenvalue weighted by Gasteiger charge is -2.50. The SMILES string of the molecule is CN(C)c1cc(NCc2ccc(N)cc2)c(O)c2c1C[C@@H]1C[C@@H]3[C@@H](N(C)C)C(O)=C(C(N)=O)C(=O)[C@]3(O)C(O)=C1C2=O. The molecule has 0 radical (unpaired) electrons. The molecule has 0 aromatic heterocycles. The second-order valence-electron chi connectivity index (χ2n) is 11.6. The van der Waals surface area contributed by atoms with Crippen molar-refractivity contribution in [1.82, 2.24) is 4.90 Å². The molecule has 9 N–H and O–H groups in total. The molecular formula is C30H35N5O7. The number of carbonyl (C=O) groups excluding carboxylic acids is 3. The van der Waals surface area contributed by atoms with Gasteiger partial charge in [-0.1, -0.05) is 12.1 Å². The predicted octanol–water partition coefficient (Wildman–Crippen LogP) is 1.38. The zero-order valence-corrected chi connectivity index (χ0v) is 23.8. The lowest BCUT2D eigenvalue weighted by atomic mass is 9.58. The molecule has 0 bridgehead atoms. The van der Waals surface area contributed by atoms with Gasteiger partial charge in [0.1, 0.15) is 22.8 Å². The molecule has 5 rings (SSSR count). The number of benzene rings is 2. The third-order valence-electron chi connectivity index (χ3n) is 8.64. The van der Waals surface area contributed by atoms with Crippen LogP contribution in [-0.4, -0.2) is 82.6 Å². The van der Waals surface area contributed by atoms with Crippen molar-refractivity contribution in [2.24, 2.45) is 17.6 Å². The van der Waals surface area contributed by atoms with Gasteiger partial charge in [-0.05, 0) is 62.2 Å². The minimum absolute atomic E-state index is 0.0243. The van der Waals surface area contributed by atoms with Gasteiger partial charge < -0.3 is 42.1 Å². The number of amides is 1. The molecule has 0 heterocycles. The van der Waals surface area contributed by atoms with Gasteiger partial charge in [0.2, 0.25) is 5.78 Å².